The van der Waals surface area contributed by atoms with Gasteiger partial charge in [0.1, 0.15) is 22.8 Å². The normalized spacial score (nSPS) is 15.0. The summed E-state index contributed by atoms with van der Waals surface area (Å²) in [4.78, 5) is 35.3. The van der Waals surface area contributed by atoms with Crippen molar-refractivity contribution in [1.82, 2.24) is 5.43 Å². The molecule has 1 aromatic heterocycles. The number of carbonyl (C=O) groups is 2. The topological polar surface area (TPSA) is 126 Å². The molecular formula is C20H12IN3O6. The van der Waals surface area contributed by atoms with Gasteiger partial charge in [-0.25, -0.2) is 5.01 Å². The largest absolute Gasteiger partial charge is 0.507 e. The zero-order chi connectivity index (χ0) is 21.4. The van der Waals surface area contributed by atoms with Gasteiger partial charge in [-0.05, 0) is 71.1 Å². The minimum Gasteiger partial charge on any atom is -0.507 e. The Kier molecular flexibility index (Phi) is 4.99. The lowest BCUT2D eigenvalue weighted by molar-refractivity contribution is -0.384. The number of hydrogen-bond acceptors (Lipinski definition) is 6. The van der Waals surface area contributed by atoms with E-state index in [1.807, 2.05) is 0 Å². The lowest BCUT2D eigenvalue weighted by Crippen LogP contribution is -2.35. The average molecular weight is 517 g/mol. The molecule has 3 aromatic rings. The smallest absolute Gasteiger partial charge is 0.282 e. The van der Waals surface area contributed by atoms with E-state index in [2.05, 4.69) is 28.0 Å². The lowest BCUT2D eigenvalue weighted by Gasteiger charge is -2.14. The van der Waals surface area contributed by atoms with Gasteiger partial charge in [0.05, 0.1) is 16.2 Å². The van der Waals surface area contributed by atoms with Crippen LogP contribution in [0.1, 0.15) is 5.76 Å². The first kappa shape index (κ1) is 19.6. The minimum atomic E-state index is -0.588. The first-order chi connectivity index (χ1) is 14.3. The van der Waals surface area contributed by atoms with Crippen molar-refractivity contribution >= 4 is 51.9 Å². The van der Waals surface area contributed by atoms with Crippen LogP contribution in [0, 0.1) is 13.7 Å². The van der Waals surface area contributed by atoms with Crippen molar-refractivity contribution in [2.45, 2.75) is 0 Å². The van der Waals surface area contributed by atoms with E-state index < -0.39 is 16.7 Å². The number of amides is 2. The molecule has 2 N–H and O–H groups in total. The van der Waals surface area contributed by atoms with Gasteiger partial charge < -0.3 is 9.52 Å². The fourth-order valence-electron chi connectivity index (χ4n) is 2.88. The minimum absolute atomic E-state index is 0.122. The summed E-state index contributed by atoms with van der Waals surface area (Å²) < 4.78 is 6.57. The van der Waals surface area contributed by atoms with Gasteiger partial charge in [0.25, 0.3) is 17.5 Å². The van der Waals surface area contributed by atoms with Gasteiger partial charge in [0.15, 0.2) is 0 Å². The van der Waals surface area contributed by atoms with E-state index in [4.69, 9.17) is 4.42 Å². The molecule has 0 bridgehead atoms. The molecule has 0 saturated carbocycles. The molecular weight excluding hydrogens is 505 g/mol. The number of phenols is 1. The van der Waals surface area contributed by atoms with E-state index in [9.17, 15) is 24.8 Å². The second-order valence-corrected chi connectivity index (χ2v) is 7.52. The number of phenolic OH excluding ortho intramolecular Hbond substituents is 1. The van der Waals surface area contributed by atoms with Crippen LogP contribution < -0.4 is 10.4 Å². The highest BCUT2D eigenvalue weighted by Crippen LogP contribution is 2.34. The molecule has 150 valence electrons. The van der Waals surface area contributed by atoms with E-state index in [-0.39, 0.29) is 34.1 Å². The third-order valence-electron chi connectivity index (χ3n) is 4.35. The van der Waals surface area contributed by atoms with Crippen LogP contribution >= 0.6 is 22.6 Å². The molecule has 1 fully saturated rings. The summed E-state index contributed by atoms with van der Waals surface area (Å²) in [6, 6.07) is 13.6. The standard InChI is InChI=1S/C20H12IN3O6/c21-11-1-3-12(4-2-11)23-20(27)16(19(26)22-23)10-14-6-8-18(30-14)15-9-13(24(28)29)5-7-17(15)25/h1-10,25H,(H,22,26). The zero-order valence-electron chi connectivity index (χ0n) is 15.0. The van der Waals surface area contributed by atoms with E-state index in [1.165, 1.54) is 36.4 Å². The Hall–Kier alpha value is -3.67. The maximum atomic E-state index is 12.7. The van der Waals surface area contributed by atoms with Crippen molar-refractivity contribution in [2.24, 2.45) is 0 Å². The van der Waals surface area contributed by atoms with Gasteiger partial charge in [-0.1, -0.05) is 0 Å². The quantitative estimate of drug-likeness (QED) is 0.179. The van der Waals surface area contributed by atoms with Gasteiger partial charge in [0.2, 0.25) is 0 Å². The summed E-state index contributed by atoms with van der Waals surface area (Å²) in [6.45, 7) is 0. The summed E-state index contributed by atoms with van der Waals surface area (Å²) in [6.07, 6.45) is 1.28. The molecule has 1 aliphatic heterocycles. The Morgan fingerprint density at radius 3 is 2.53 bits per heavy atom. The molecule has 4 rings (SSSR count). The van der Waals surface area contributed by atoms with Crippen molar-refractivity contribution < 1.29 is 24.0 Å². The fraction of sp³-hybridized carbons (Fsp3) is 0. The molecule has 9 nitrogen and oxygen atoms in total. The summed E-state index contributed by atoms with van der Waals surface area (Å²) in [5, 5.41) is 22.1. The molecule has 0 unspecified atom stereocenters. The van der Waals surface area contributed by atoms with Crippen molar-refractivity contribution in [3.8, 4) is 17.1 Å². The highest BCUT2D eigenvalue weighted by Gasteiger charge is 2.34. The third kappa shape index (κ3) is 3.64. The number of carbonyl (C=O) groups excluding carboxylic acids is 2. The number of hydrogen-bond donors (Lipinski definition) is 2. The van der Waals surface area contributed by atoms with Gasteiger partial charge in [-0.3, -0.25) is 25.1 Å². The summed E-state index contributed by atoms with van der Waals surface area (Å²) >= 11 is 2.13. The number of nitrogens with one attached hydrogen (secondary N) is 1. The van der Waals surface area contributed by atoms with E-state index >= 15 is 0 Å². The number of nitro groups is 1. The highest BCUT2D eigenvalue weighted by atomic mass is 127. The maximum absolute atomic E-state index is 12.7. The van der Waals surface area contributed by atoms with Crippen LogP contribution in [0.4, 0.5) is 11.4 Å². The number of benzene rings is 2. The molecule has 1 aliphatic rings. The molecule has 2 amide bonds. The van der Waals surface area contributed by atoms with Gasteiger partial charge in [-0.15, -0.1) is 0 Å². The number of halogens is 1. The van der Waals surface area contributed by atoms with Crippen LogP contribution in [0.15, 0.2) is 64.6 Å². The van der Waals surface area contributed by atoms with Crippen LogP contribution in [-0.2, 0) is 9.59 Å². The number of rotatable bonds is 4. The summed E-state index contributed by atoms with van der Waals surface area (Å²) in [5.41, 5.74) is 2.79. The van der Waals surface area contributed by atoms with Crippen molar-refractivity contribution in [3.63, 3.8) is 0 Å². The molecule has 10 heteroatoms. The number of nitro benzene ring substituents is 1. The van der Waals surface area contributed by atoms with Crippen molar-refractivity contribution in [2.75, 3.05) is 5.01 Å². The average Bonchev–Trinajstić information content (AvgIpc) is 3.29. The Morgan fingerprint density at radius 1 is 1.10 bits per heavy atom. The highest BCUT2D eigenvalue weighted by molar-refractivity contribution is 14.1. The summed E-state index contributed by atoms with van der Waals surface area (Å²) in [5.74, 6) is -0.997. The lowest BCUT2D eigenvalue weighted by atomic mass is 10.1. The molecule has 0 atom stereocenters. The second kappa shape index (κ2) is 7.63. The molecule has 0 spiro atoms. The Labute approximate surface area is 182 Å². The number of hydrazine groups is 1. The van der Waals surface area contributed by atoms with E-state index in [1.54, 1.807) is 24.3 Å². The van der Waals surface area contributed by atoms with Crippen LogP contribution in [-0.4, -0.2) is 21.8 Å². The first-order valence-electron chi connectivity index (χ1n) is 8.54. The fourth-order valence-corrected chi connectivity index (χ4v) is 3.24. The predicted molar refractivity (Wildman–Crippen MR) is 115 cm³/mol. The van der Waals surface area contributed by atoms with Crippen molar-refractivity contribution in [1.29, 1.82) is 0 Å². The Morgan fingerprint density at radius 2 is 1.83 bits per heavy atom. The molecule has 2 aromatic carbocycles. The number of nitrogens with zero attached hydrogens (tertiary/aromatic N) is 2. The first-order valence-corrected chi connectivity index (χ1v) is 9.61. The number of furan rings is 1. The number of aromatic hydroxyl groups is 1. The molecule has 0 radical (unpaired) electrons. The van der Waals surface area contributed by atoms with Gasteiger partial charge >= 0.3 is 0 Å². The predicted octanol–water partition coefficient (Wildman–Crippen LogP) is 3.63. The van der Waals surface area contributed by atoms with Crippen LogP contribution in [0.2, 0.25) is 0 Å². The van der Waals surface area contributed by atoms with E-state index in [0.717, 1.165) is 8.58 Å². The van der Waals surface area contributed by atoms with Crippen molar-refractivity contribution in [3.05, 3.63) is 79.6 Å². The number of non-ortho nitro benzene ring substituents is 1. The van der Waals surface area contributed by atoms with Crippen LogP contribution in [0.3, 0.4) is 0 Å². The van der Waals surface area contributed by atoms with Crippen LogP contribution in [0.25, 0.3) is 17.4 Å². The number of anilines is 1. The monoisotopic (exact) mass is 517 g/mol. The zero-order valence-corrected chi connectivity index (χ0v) is 17.2. The molecule has 0 aliphatic carbocycles. The molecule has 2 heterocycles. The second-order valence-electron chi connectivity index (χ2n) is 6.28. The van der Waals surface area contributed by atoms with Gasteiger partial charge in [-0.2, -0.15) is 0 Å². The SMILES string of the molecule is O=C1NN(c2ccc(I)cc2)C(=O)C1=Cc1ccc(-c2cc([N+](=O)[O-])ccc2O)o1. The maximum Gasteiger partial charge on any atom is 0.282 e. The van der Waals surface area contributed by atoms with Crippen LogP contribution in [0.5, 0.6) is 5.75 Å². The van der Waals surface area contributed by atoms with E-state index in [0.29, 0.717) is 5.69 Å². The molecule has 30 heavy (non-hydrogen) atoms. The Balaban J connectivity index is 1.64. The van der Waals surface area contributed by atoms with Gasteiger partial charge in [0, 0.05) is 15.7 Å². The third-order valence-corrected chi connectivity index (χ3v) is 5.07. The molecule has 1 saturated heterocycles. The Bertz CT molecular complexity index is 1220. The summed E-state index contributed by atoms with van der Waals surface area (Å²) in [7, 11) is 0.